The van der Waals surface area contributed by atoms with Gasteiger partial charge in [0.25, 0.3) is 0 Å². The van der Waals surface area contributed by atoms with Crippen LogP contribution in [0.25, 0.3) is 0 Å². The molecule has 1 aliphatic rings. The number of rotatable bonds is 3. The second-order valence-corrected chi connectivity index (χ2v) is 4.68. The molecule has 98 valence electrons. The van der Waals surface area contributed by atoms with E-state index in [-0.39, 0.29) is 12.4 Å². The van der Waals surface area contributed by atoms with Gasteiger partial charge in [0.1, 0.15) is 0 Å². The van der Waals surface area contributed by atoms with E-state index in [2.05, 4.69) is 23.3 Å². The zero-order valence-electron chi connectivity index (χ0n) is 10.7. The van der Waals surface area contributed by atoms with Gasteiger partial charge in [-0.3, -0.25) is 4.90 Å². The molecule has 18 heavy (non-hydrogen) atoms. The fraction of sp³-hybridized carbons (Fsp3) is 0.500. The Kier molecular flexibility index (Phi) is 6.14. The molecule has 1 atom stereocenters. The topological polar surface area (TPSA) is 39.1 Å². The highest BCUT2D eigenvalue weighted by molar-refractivity contribution is 5.85. The lowest BCUT2D eigenvalue weighted by atomic mass is 10.0. The quantitative estimate of drug-likeness (QED) is 0.910. The van der Waals surface area contributed by atoms with Crippen LogP contribution in [0.2, 0.25) is 0 Å². The van der Waals surface area contributed by atoms with Crippen LogP contribution in [0.3, 0.4) is 0 Å². The third-order valence-corrected chi connectivity index (χ3v) is 3.45. The lowest BCUT2D eigenvalue weighted by Crippen LogP contribution is -2.43. The standard InChI is InChI=1S/C14H19N3.ClH/c1-17(14-7-4-8-16-10-14)11-13-6-3-2-5-12(13)9-15;/h2-3,5-6,14,16H,4,7-8,10-11H2,1H3;1H. The van der Waals surface area contributed by atoms with Crippen molar-refractivity contribution in [1.29, 1.82) is 5.26 Å². The van der Waals surface area contributed by atoms with E-state index in [9.17, 15) is 0 Å². The Morgan fingerprint density at radius 3 is 2.89 bits per heavy atom. The molecule has 0 amide bonds. The van der Waals surface area contributed by atoms with E-state index in [1.807, 2.05) is 24.3 Å². The zero-order valence-corrected chi connectivity index (χ0v) is 11.5. The molecule has 0 aliphatic carbocycles. The van der Waals surface area contributed by atoms with Crippen LogP contribution < -0.4 is 5.32 Å². The lowest BCUT2D eigenvalue weighted by molar-refractivity contribution is 0.196. The number of likely N-dealkylation sites (N-methyl/N-ethyl adjacent to an activating group) is 1. The second kappa shape index (κ2) is 7.38. The minimum Gasteiger partial charge on any atom is -0.315 e. The predicted octanol–water partition coefficient (Wildman–Crippen LogP) is 2.16. The molecule has 0 radical (unpaired) electrons. The molecule has 3 nitrogen and oxygen atoms in total. The number of halogens is 1. The molecule has 0 bridgehead atoms. The van der Waals surface area contributed by atoms with Crippen LogP contribution in [0, 0.1) is 11.3 Å². The second-order valence-electron chi connectivity index (χ2n) is 4.68. The summed E-state index contributed by atoms with van der Waals surface area (Å²) < 4.78 is 0. The Labute approximate surface area is 115 Å². The molecule has 0 saturated carbocycles. The molecule has 0 aromatic heterocycles. The van der Waals surface area contributed by atoms with E-state index < -0.39 is 0 Å². The van der Waals surface area contributed by atoms with E-state index in [1.54, 1.807) is 0 Å². The van der Waals surface area contributed by atoms with Crippen molar-refractivity contribution in [3.63, 3.8) is 0 Å². The molecule has 0 spiro atoms. The Hall–Kier alpha value is -1.08. The van der Waals surface area contributed by atoms with Gasteiger partial charge in [0.05, 0.1) is 11.6 Å². The number of benzene rings is 1. The summed E-state index contributed by atoms with van der Waals surface area (Å²) in [5.41, 5.74) is 1.92. The number of piperidine rings is 1. The van der Waals surface area contributed by atoms with Gasteiger partial charge in [-0.25, -0.2) is 0 Å². The Bertz CT molecular complexity index is 408. The minimum atomic E-state index is 0. The lowest BCUT2D eigenvalue weighted by Gasteiger charge is -2.31. The molecule has 4 heteroatoms. The molecule has 2 rings (SSSR count). The summed E-state index contributed by atoms with van der Waals surface area (Å²) in [4.78, 5) is 2.35. The third-order valence-electron chi connectivity index (χ3n) is 3.45. The Morgan fingerprint density at radius 1 is 1.44 bits per heavy atom. The van der Waals surface area contributed by atoms with E-state index in [0.717, 1.165) is 30.8 Å². The van der Waals surface area contributed by atoms with E-state index in [1.165, 1.54) is 12.8 Å². The molecule has 1 fully saturated rings. The van der Waals surface area contributed by atoms with Crippen molar-refractivity contribution in [2.45, 2.75) is 25.4 Å². The van der Waals surface area contributed by atoms with Crippen molar-refractivity contribution in [2.24, 2.45) is 0 Å². The van der Waals surface area contributed by atoms with Crippen LogP contribution >= 0.6 is 12.4 Å². The summed E-state index contributed by atoms with van der Waals surface area (Å²) in [6.45, 7) is 3.06. The summed E-state index contributed by atoms with van der Waals surface area (Å²) in [7, 11) is 2.14. The number of nitrogens with zero attached hydrogens (tertiary/aromatic N) is 2. The Balaban J connectivity index is 0.00000162. The highest BCUT2D eigenvalue weighted by Gasteiger charge is 2.18. The van der Waals surface area contributed by atoms with Crippen molar-refractivity contribution in [1.82, 2.24) is 10.2 Å². The largest absolute Gasteiger partial charge is 0.315 e. The van der Waals surface area contributed by atoms with Crippen LogP contribution in [0.5, 0.6) is 0 Å². The molecular formula is C14H20ClN3. The first kappa shape index (κ1) is 15.0. The van der Waals surface area contributed by atoms with E-state index in [0.29, 0.717) is 6.04 Å². The monoisotopic (exact) mass is 265 g/mol. The average Bonchev–Trinajstić information content (AvgIpc) is 2.40. The molecule has 1 N–H and O–H groups in total. The van der Waals surface area contributed by atoms with Crippen molar-refractivity contribution >= 4 is 12.4 Å². The van der Waals surface area contributed by atoms with Crippen molar-refractivity contribution < 1.29 is 0 Å². The SMILES string of the molecule is CN(Cc1ccccc1C#N)C1CCCNC1.Cl. The maximum absolute atomic E-state index is 9.06. The van der Waals surface area contributed by atoms with Gasteiger partial charge in [-0.05, 0) is 38.1 Å². The predicted molar refractivity (Wildman–Crippen MR) is 75.8 cm³/mol. The van der Waals surface area contributed by atoms with Crippen molar-refractivity contribution in [3.05, 3.63) is 35.4 Å². The number of nitriles is 1. The number of nitrogens with one attached hydrogen (secondary N) is 1. The maximum atomic E-state index is 9.06. The fourth-order valence-corrected chi connectivity index (χ4v) is 2.37. The van der Waals surface area contributed by atoms with Gasteiger partial charge < -0.3 is 5.32 Å². The Morgan fingerprint density at radius 2 is 2.22 bits per heavy atom. The van der Waals surface area contributed by atoms with Crippen LogP contribution in [0.4, 0.5) is 0 Å². The van der Waals surface area contributed by atoms with Crippen molar-refractivity contribution in [2.75, 3.05) is 20.1 Å². The third kappa shape index (κ3) is 3.71. The normalized spacial score (nSPS) is 19.1. The summed E-state index contributed by atoms with van der Waals surface area (Å²) in [6, 6.07) is 10.7. The van der Waals surface area contributed by atoms with Gasteiger partial charge in [0, 0.05) is 19.1 Å². The summed E-state index contributed by atoms with van der Waals surface area (Å²) in [6.07, 6.45) is 2.49. The van der Waals surface area contributed by atoms with Gasteiger partial charge in [-0.2, -0.15) is 5.26 Å². The van der Waals surface area contributed by atoms with Gasteiger partial charge in [0.15, 0.2) is 0 Å². The van der Waals surface area contributed by atoms with Crippen LogP contribution in [0.1, 0.15) is 24.0 Å². The highest BCUT2D eigenvalue weighted by Crippen LogP contribution is 2.14. The molecule has 1 unspecified atom stereocenters. The molecule has 1 saturated heterocycles. The van der Waals surface area contributed by atoms with E-state index in [4.69, 9.17) is 5.26 Å². The molecule has 1 aromatic carbocycles. The van der Waals surface area contributed by atoms with Crippen LogP contribution in [-0.2, 0) is 6.54 Å². The summed E-state index contributed by atoms with van der Waals surface area (Å²) in [5.74, 6) is 0. The van der Waals surface area contributed by atoms with Gasteiger partial charge in [-0.1, -0.05) is 18.2 Å². The van der Waals surface area contributed by atoms with Gasteiger partial charge >= 0.3 is 0 Å². The van der Waals surface area contributed by atoms with Gasteiger partial charge in [0.2, 0.25) is 0 Å². The number of hydrogen-bond acceptors (Lipinski definition) is 3. The van der Waals surface area contributed by atoms with Gasteiger partial charge in [-0.15, -0.1) is 12.4 Å². The summed E-state index contributed by atoms with van der Waals surface area (Å²) >= 11 is 0. The maximum Gasteiger partial charge on any atom is 0.0995 e. The zero-order chi connectivity index (χ0) is 12.1. The first-order chi connectivity index (χ1) is 8.31. The summed E-state index contributed by atoms with van der Waals surface area (Å²) in [5, 5.41) is 12.5. The molecule has 1 aliphatic heterocycles. The van der Waals surface area contributed by atoms with E-state index >= 15 is 0 Å². The number of hydrogen-bond donors (Lipinski definition) is 1. The smallest absolute Gasteiger partial charge is 0.0995 e. The fourth-order valence-electron chi connectivity index (χ4n) is 2.37. The first-order valence-corrected chi connectivity index (χ1v) is 6.20. The average molecular weight is 266 g/mol. The first-order valence-electron chi connectivity index (χ1n) is 6.20. The minimum absolute atomic E-state index is 0. The molecular weight excluding hydrogens is 246 g/mol. The van der Waals surface area contributed by atoms with Crippen LogP contribution in [0.15, 0.2) is 24.3 Å². The highest BCUT2D eigenvalue weighted by atomic mass is 35.5. The molecule has 1 aromatic rings. The molecule has 1 heterocycles. The van der Waals surface area contributed by atoms with Crippen LogP contribution in [-0.4, -0.2) is 31.1 Å². The van der Waals surface area contributed by atoms with Crippen molar-refractivity contribution in [3.8, 4) is 6.07 Å².